The van der Waals surface area contributed by atoms with Crippen LogP contribution in [0.25, 0.3) is 0 Å². The fraction of sp³-hybridized carbons (Fsp3) is 0.294. The van der Waals surface area contributed by atoms with Crippen LogP contribution in [0.5, 0.6) is 0 Å². The molecule has 0 radical (unpaired) electrons. The maximum absolute atomic E-state index is 12.7. The Balaban J connectivity index is 2.37. The Morgan fingerprint density at radius 3 is 2.32 bits per heavy atom. The van der Waals surface area contributed by atoms with Gasteiger partial charge in [0, 0.05) is 11.1 Å². The predicted octanol–water partition coefficient (Wildman–Crippen LogP) is 4.39. The molecule has 1 unspecified atom stereocenters. The van der Waals surface area contributed by atoms with Crippen molar-refractivity contribution in [2.45, 2.75) is 38.1 Å². The molecule has 0 saturated carbocycles. The standard InChI is InChI=1S/C17H20ClNO2S/c1-4-16(14-8-6-5-7-9-14)19-22(20,21)17-11-12(2)15(18)10-13(17)3/h5-11,16,19H,4H2,1-3H3. The Morgan fingerprint density at radius 1 is 1.09 bits per heavy atom. The number of rotatable bonds is 5. The van der Waals surface area contributed by atoms with Crippen molar-refractivity contribution in [3.8, 4) is 0 Å². The van der Waals surface area contributed by atoms with Crippen LogP contribution < -0.4 is 4.72 Å². The molecular formula is C17H20ClNO2S. The smallest absolute Gasteiger partial charge is 0.207 e. The molecule has 2 aromatic rings. The Kier molecular flexibility index (Phi) is 5.27. The zero-order chi connectivity index (χ0) is 16.3. The van der Waals surface area contributed by atoms with Gasteiger partial charge in [-0.05, 0) is 49.1 Å². The minimum absolute atomic E-state index is 0.249. The van der Waals surface area contributed by atoms with Gasteiger partial charge in [-0.15, -0.1) is 0 Å². The number of hydrogen-bond donors (Lipinski definition) is 1. The molecular weight excluding hydrogens is 318 g/mol. The van der Waals surface area contributed by atoms with Crippen molar-refractivity contribution in [1.82, 2.24) is 4.72 Å². The Hall–Kier alpha value is -1.36. The first-order chi connectivity index (χ1) is 10.3. The summed E-state index contributed by atoms with van der Waals surface area (Å²) in [4.78, 5) is 0.281. The molecule has 5 heteroatoms. The van der Waals surface area contributed by atoms with Crippen LogP contribution in [-0.2, 0) is 10.0 Å². The monoisotopic (exact) mass is 337 g/mol. The van der Waals surface area contributed by atoms with E-state index in [1.807, 2.05) is 37.3 Å². The number of nitrogens with one attached hydrogen (secondary N) is 1. The lowest BCUT2D eigenvalue weighted by Crippen LogP contribution is -2.29. The first-order valence-corrected chi connectivity index (χ1v) is 9.05. The third-order valence-corrected chi connectivity index (χ3v) is 5.67. The van der Waals surface area contributed by atoms with Crippen LogP contribution >= 0.6 is 11.6 Å². The second-order valence-corrected chi connectivity index (χ2v) is 7.45. The van der Waals surface area contributed by atoms with Crippen LogP contribution in [0.2, 0.25) is 5.02 Å². The predicted molar refractivity (Wildman–Crippen MR) is 90.7 cm³/mol. The minimum atomic E-state index is -3.60. The van der Waals surface area contributed by atoms with Gasteiger partial charge in [0.2, 0.25) is 10.0 Å². The van der Waals surface area contributed by atoms with E-state index in [2.05, 4.69) is 4.72 Å². The lowest BCUT2D eigenvalue weighted by atomic mass is 10.1. The lowest BCUT2D eigenvalue weighted by molar-refractivity contribution is 0.549. The molecule has 3 nitrogen and oxygen atoms in total. The molecule has 22 heavy (non-hydrogen) atoms. The van der Waals surface area contributed by atoms with Crippen LogP contribution in [-0.4, -0.2) is 8.42 Å². The zero-order valence-electron chi connectivity index (χ0n) is 12.9. The van der Waals surface area contributed by atoms with Crippen molar-refractivity contribution in [2.24, 2.45) is 0 Å². The van der Waals surface area contributed by atoms with Gasteiger partial charge in [-0.2, -0.15) is 0 Å². The molecule has 0 aliphatic heterocycles. The third-order valence-electron chi connectivity index (χ3n) is 3.65. The molecule has 0 aliphatic carbocycles. The summed E-state index contributed by atoms with van der Waals surface area (Å²) in [5, 5.41) is 0.576. The Morgan fingerprint density at radius 2 is 1.73 bits per heavy atom. The second-order valence-electron chi connectivity index (χ2n) is 5.36. The summed E-state index contributed by atoms with van der Waals surface area (Å²) in [7, 11) is -3.60. The van der Waals surface area contributed by atoms with Gasteiger partial charge in [0.25, 0.3) is 0 Å². The van der Waals surface area contributed by atoms with Crippen LogP contribution in [0.1, 0.15) is 36.1 Å². The van der Waals surface area contributed by atoms with Crippen LogP contribution in [0.3, 0.4) is 0 Å². The topological polar surface area (TPSA) is 46.2 Å². The summed E-state index contributed by atoms with van der Waals surface area (Å²) in [5.41, 5.74) is 2.35. The molecule has 0 saturated heterocycles. The van der Waals surface area contributed by atoms with E-state index in [4.69, 9.17) is 11.6 Å². The first-order valence-electron chi connectivity index (χ1n) is 7.19. The van der Waals surface area contributed by atoms with Gasteiger partial charge in [-0.25, -0.2) is 13.1 Å². The van der Waals surface area contributed by atoms with Gasteiger partial charge in [-0.1, -0.05) is 48.9 Å². The van der Waals surface area contributed by atoms with E-state index in [9.17, 15) is 8.42 Å². The fourth-order valence-electron chi connectivity index (χ4n) is 2.37. The van der Waals surface area contributed by atoms with Gasteiger partial charge >= 0.3 is 0 Å². The molecule has 1 N–H and O–H groups in total. The van der Waals surface area contributed by atoms with Crippen molar-refractivity contribution in [2.75, 3.05) is 0 Å². The minimum Gasteiger partial charge on any atom is -0.207 e. The zero-order valence-corrected chi connectivity index (χ0v) is 14.5. The summed E-state index contributed by atoms with van der Waals surface area (Å²) in [5.74, 6) is 0. The number of hydrogen-bond acceptors (Lipinski definition) is 2. The quantitative estimate of drug-likeness (QED) is 0.879. The molecule has 118 valence electrons. The summed E-state index contributed by atoms with van der Waals surface area (Å²) >= 11 is 6.05. The molecule has 0 aromatic heterocycles. The van der Waals surface area contributed by atoms with Gasteiger partial charge in [0.1, 0.15) is 0 Å². The van der Waals surface area contributed by atoms with Crippen LogP contribution in [0.15, 0.2) is 47.4 Å². The number of aryl methyl sites for hydroxylation is 2. The summed E-state index contributed by atoms with van der Waals surface area (Å²) < 4.78 is 28.2. The molecule has 0 amide bonds. The van der Waals surface area contributed by atoms with Gasteiger partial charge in [0.15, 0.2) is 0 Å². The maximum atomic E-state index is 12.7. The highest BCUT2D eigenvalue weighted by molar-refractivity contribution is 7.89. The number of sulfonamides is 1. The highest BCUT2D eigenvalue weighted by Gasteiger charge is 2.22. The normalized spacial score (nSPS) is 13.1. The van der Waals surface area contributed by atoms with E-state index in [1.165, 1.54) is 0 Å². The third kappa shape index (κ3) is 3.69. The number of halogens is 1. The van der Waals surface area contributed by atoms with Crippen LogP contribution in [0.4, 0.5) is 0 Å². The maximum Gasteiger partial charge on any atom is 0.241 e. The highest BCUT2D eigenvalue weighted by Crippen LogP contribution is 2.26. The lowest BCUT2D eigenvalue weighted by Gasteiger charge is -2.19. The van der Waals surface area contributed by atoms with Crippen molar-refractivity contribution in [3.05, 3.63) is 64.2 Å². The Bertz CT molecular complexity index is 758. The molecule has 0 fully saturated rings. The van der Waals surface area contributed by atoms with Crippen molar-refractivity contribution >= 4 is 21.6 Å². The van der Waals surface area contributed by atoms with E-state index in [1.54, 1.807) is 26.0 Å². The highest BCUT2D eigenvalue weighted by atomic mass is 35.5. The Labute approximate surface area is 137 Å². The second kappa shape index (κ2) is 6.82. The molecule has 0 bridgehead atoms. The largest absolute Gasteiger partial charge is 0.241 e. The van der Waals surface area contributed by atoms with Crippen molar-refractivity contribution in [1.29, 1.82) is 0 Å². The summed E-state index contributed by atoms with van der Waals surface area (Å²) in [6.45, 7) is 5.51. The average molecular weight is 338 g/mol. The summed E-state index contributed by atoms with van der Waals surface area (Å²) in [6.07, 6.45) is 0.675. The van der Waals surface area contributed by atoms with E-state index in [0.29, 0.717) is 17.0 Å². The van der Waals surface area contributed by atoms with Gasteiger partial charge < -0.3 is 0 Å². The van der Waals surface area contributed by atoms with Crippen molar-refractivity contribution < 1.29 is 8.42 Å². The fourth-order valence-corrected chi connectivity index (χ4v) is 4.20. The van der Waals surface area contributed by atoms with Gasteiger partial charge in [-0.3, -0.25) is 0 Å². The molecule has 0 heterocycles. The average Bonchev–Trinajstić information content (AvgIpc) is 2.49. The molecule has 1 atom stereocenters. The van der Waals surface area contributed by atoms with Crippen LogP contribution in [0, 0.1) is 13.8 Å². The first kappa shape index (κ1) is 17.0. The summed E-state index contributed by atoms with van der Waals surface area (Å²) in [6, 6.07) is 12.6. The van der Waals surface area contributed by atoms with E-state index < -0.39 is 10.0 Å². The molecule has 2 aromatic carbocycles. The number of benzene rings is 2. The van der Waals surface area contributed by atoms with E-state index in [0.717, 1.165) is 11.1 Å². The SMILES string of the molecule is CCC(NS(=O)(=O)c1cc(C)c(Cl)cc1C)c1ccccc1. The molecule has 0 aliphatic rings. The van der Waals surface area contributed by atoms with E-state index >= 15 is 0 Å². The van der Waals surface area contributed by atoms with E-state index in [-0.39, 0.29) is 10.9 Å². The molecule has 2 rings (SSSR count). The van der Waals surface area contributed by atoms with Crippen molar-refractivity contribution in [3.63, 3.8) is 0 Å². The van der Waals surface area contributed by atoms with Gasteiger partial charge in [0.05, 0.1) is 4.90 Å². The molecule has 0 spiro atoms.